The number of rotatable bonds is 2. The van der Waals surface area contributed by atoms with Gasteiger partial charge in [-0.05, 0) is 18.2 Å². The Kier molecular flexibility index (Phi) is 4.01. The van der Waals surface area contributed by atoms with Crippen LogP contribution in [-0.4, -0.2) is 37.2 Å². The summed E-state index contributed by atoms with van der Waals surface area (Å²) in [5.74, 6) is 0.763. The zero-order chi connectivity index (χ0) is 13.1. The quantitative estimate of drug-likeness (QED) is 0.655. The van der Waals surface area contributed by atoms with Gasteiger partial charge in [0.2, 0.25) is 0 Å². The second kappa shape index (κ2) is 5.52. The highest BCUT2D eigenvalue weighted by molar-refractivity contribution is 8.00. The van der Waals surface area contributed by atoms with E-state index in [0.29, 0.717) is 16.5 Å². The molecule has 0 amide bonds. The first kappa shape index (κ1) is 13.1. The molecule has 0 aliphatic carbocycles. The molecule has 2 N–H and O–H groups in total. The largest absolute Gasteiger partial charge is 0.465 e. The van der Waals surface area contributed by atoms with Gasteiger partial charge in [-0.3, -0.25) is 0 Å². The zero-order valence-electron chi connectivity index (χ0n) is 10.7. The number of nitrogens with zero attached hydrogens (tertiary/aromatic N) is 1. The Balaban J connectivity index is 2.28. The molecule has 2 rings (SSSR count). The molecular formula is C13H18N2O2S. The van der Waals surface area contributed by atoms with Gasteiger partial charge < -0.3 is 15.4 Å². The first-order valence-corrected chi connectivity index (χ1v) is 7.01. The highest BCUT2D eigenvalue weighted by atomic mass is 32.2. The number of esters is 1. The maximum atomic E-state index is 11.5. The number of hydrogen-bond acceptors (Lipinski definition) is 5. The number of nitrogens with two attached hydrogens (primary N) is 1. The summed E-state index contributed by atoms with van der Waals surface area (Å²) in [6, 6.07) is 5.30. The monoisotopic (exact) mass is 266 g/mol. The smallest absolute Gasteiger partial charge is 0.337 e. The molecule has 0 radical (unpaired) electrons. The second-order valence-electron chi connectivity index (χ2n) is 4.39. The van der Waals surface area contributed by atoms with E-state index in [0.717, 1.165) is 24.5 Å². The van der Waals surface area contributed by atoms with E-state index in [-0.39, 0.29) is 5.97 Å². The van der Waals surface area contributed by atoms with E-state index in [1.165, 1.54) is 7.11 Å². The van der Waals surface area contributed by atoms with Gasteiger partial charge in [0.25, 0.3) is 0 Å². The van der Waals surface area contributed by atoms with Crippen LogP contribution >= 0.6 is 11.8 Å². The van der Waals surface area contributed by atoms with E-state index >= 15 is 0 Å². The molecule has 1 aromatic rings. The van der Waals surface area contributed by atoms with Crippen molar-refractivity contribution in [3.63, 3.8) is 0 Å². The summed E-state index contributed by atoms with van der Waals surface area (Å²) >= 11 is 1.96. The number of carbonyl (C=O) groups is 1. The average molecular weight is 266 g/mol. The third-order valence-corrected chi connectivity index (χ3v) is 4.17. The Morgan fingerprint density at radius 3 is 3.00 bits per heavy atom. The van der Waals surface area contributed by atoms with Crippen molar-refractivity contribution in [1.82, 2.24) is 0 Å². The van der Waals surface area contributed by atoms with Gasteiger partial charge in [0.05, 0.1) is 24.0 Å². The van der Waals surface area contributed by atoms with Crippen LogP contribution in [0.1, 0.15) is 17.3 Å². The fraction of sp³-hybridized carbons (Fsp3) is 0.462. The SMILES string of the molecule is COC(=O)c1ccc(N)c(N2CCSC(C)C2)c1. The maximum absolute atomic E-state index is 11.5. The van der Waals surface area contributed by atoms with Crippen LogP contribution in [-0.2, 0) is 4.74 Å². The summed E-state index contributed by atoms with van der Waals surface area (Å²) in [5.41, 5.74) is 8.20. The van der Waals surface area contributed by atoms with Gasteiger partial charge in [-0.25, -0.2) is 4.79 Å². The molecule has 4 nitrogen and oxygen atoms in total. The lowest BCUT2D eigenvalue weighted by Gasteiger charge is -2.33. The summed E-state index contributed by atoms with van der Waals surface area (Å²) in [5, 5.41) is 0.583. The topological polar surface area (TPSA) is 55.6 Å². The van der Waals surface area contributed by atoms with Gasteiger partial charge in [0.1, 0.15) is 0 Å². The summed E-state index contributed by atoms with van der Waals surface area (Å²) < 4.78 is 4.74. The molecule has 1 atom stereocenters. The van der Waals surface area contributed by atoms with Gasteiger partial charge in [-0.15, -0.1) is 0 Å². The minimum Gasteiger partial charge on any atom is -0.465 e. The van der Waals surface area contributed by atoms with E-state index in [9.17, 15) is 4.79 Å². The van der Waals surface area contributed by atoms with Crippen molar-refractivity contribution in [2.24, 2.45) is 0 Å². The number of nitrogen functional groups attached to an aromatic ring is 1. The summed E-state index contributed by atoms with van der Waals surface area (Å²) in [6.45, 7) is 4.13. The fourth-order valence-electron chi connectivity index (χ4n) is 2.10. The van der Waals surface area contributed by atoms with Crippen LogP contribution in [0.2, 0.25) is 0 Å². The van der Waals surface area contributed by atoms with Gasteiger partial charge in [0, 0.05) is 24.1 Å². The van der Waals surface area contributed by atoms with Crippen molar-refractivity contribution in [2.45, 2.75) is 12.2 Å². The van der Waals surface area contributed by atoms with E-state index in [1.807, 2.05) is 17.8 Å². The zero-order valence-corrected chi connectivity index (χ0v) is 11.5. The minimum atomic E-state index is -0.323. The van der Waals surface area contributed by atoms with Crippen LogP contribution in [0.4, 0.5) is 11.4 Å². The predicted octanol–water partition coefficient (Wildman–Crippen LogP) is 2.00. The molecular weight excluding hydrogens is 248 g/mol. The van der Waals surface area contributed by atoms with Crippen molar-refractivity contribution in [2.75, 3.05) is 36.6 Å². The van der Waals surface area contributed by atoms with E-state index in [4.69, 9.17) is 10.5 Å². The molecule has 1 saturated heterocycles. The number of ether oxygens (including phenoxy) is 1. The van der Waals surface area contributed by atoms with Gasteiger partial charge in [-0.1, -0.05) is 6.92 Å². The normalized spacial score (nSPS) is 19.7. The second-order valence-corrected chi connectivity index (χ2v) is 5.94. The predicted molar refractivity (Wildman–Crippen MR) is 76.3 cm³/mol. The van der Waals surface area contributed by atoms with Crippen molar-refractivity contribution in [3.8, 4) is 0 Å². The number of anilines is 2. The van der Waals surface area contributed by atoms with E-state index < -0.39 is 0 Å². The molecule has 0 saturated carbocycles. The van der Waals surface area contributed by atoms with Crippen molar-refractivity contribution >= 4 is 29.1 Å². The van der Waals surface area contributed by atoms with Crippen molar-refractivity contribution < 1.29 is 9.53 Å². The van der Waals surface area contributed by atoms with Crippen LogP contribution in [0.3, 0.4) is 0 Å². The maximum Gasteiger partial charge on any atom is 0.337 e. The minimum absolute atomic E-state index is 0.323. The van der Waals surface area contributed by atoms with Gasteiger partial charge in [-0.2, -0.15) is 11.8 Å². The Morgan fingerprint density at radius 1 is 1.56 bits per heavy atom. The first-order valence-electron chi connectivity index (χ1n) is 5.96. The highest BCUT2D eigenvalue weighted by Gasteiger charge is 2.20. The third-order valence-electron chi connectivity index (χ3n) is 3.03. The first-order chi connectivity index (χ1) is 8.61. The van der Waals surface area contributed by atoms with Gasteiger partial charge in [0.15, 0.2) is 0 Å². The summed E-state index contributed by atoms with van der Waals surface area (Å²) in [7, 11) is 1.39. The fourth-order valence-corrected chi connectivity index (χ4v) is 3.11. The molecule has 1 fully saturated rings. The molecule has 1 aliphatic rings. The molecule has 18 heavy (non-hydrogen) atoms. The molecule has 1 aliphatic heterocycles. The number of carbonyl (C=O) groups excluding carboxylic acids is 1. The molecule has 1 unspecified atom stereocenters. The number of hydrogen-bond donors (Lipinski definition) is 1. The van der Waals surface area contributed by atoms with E-state index in [2.05, 4.69) is 11.8 Å². The lowest BCUT2D eigenvalue weighted by molar-refractivity contribution is 0.0601. The number of thioether (sulfide) groups is 1. The standard InChI is InChI=1S/C13H18N2O2S/c1-9-8-15(5-6-18-9)12-7-10(13(16)17-2)3-4-11(12)14/h3-4,7,9H,5-6,8,14H2,1-2H3. The van der Waals surface area contributed by atoms with Crippen molar-refractivity contribution in [1.29, 1.82) is 0 Å². The van der Waals surface area contributed by atoms with Crippen LogP contribution in [0.15, 0.2) is 18.2 Å². The summed E-state index contributed by atoms with van der Waals surface area (Å²) in [4.78, 5) is 13.8. The number of benzene rings is 1. The lowest BCUT2D eigenvalue weighted by atomic mass is 10.1. The molecule has 0 spiro atoms. The highest BCUT2D eigenvalue weighted by Crippen LogP contribution is 2.29. The molecule has 1 heterocycles. The van der Waals surface area contributed by atoms with Crippen molar-refractivity contribution in [3.05, 3.63) is 23.8 Å². The Bertz CT molecular complexity index is 451. The Morgan fingerprint density at radius 2 is 2.33 bits per heavy atom. The molecule has 0 bridgehead atoms. The molecule has 5 heteroatoms. The van der Waals surface area contributed by atoms with E-state index in [1.54, 1.807) is 12.1 Å². The van der Waals surface area contributed by atoms with Crippen LogP contribution in [0, 0.1) is 0 Å². The third kappa shape index (κ3) is 2.72. The van der Waals surface area contributed by atoms with Crippen LogP contribution < -0.4 is 10.6 Å². The lowest BCUT2D eigenvalue weighted by Crippen LogP contribution is -2.37. The Hall–Kier alpha value is -1.36. The molecule has 98 valence electrons. The number of methoxy groups -OCH3 is 1. The molecule has 1 aromatic carbocycles. The molecule has 0 aromatic heterocycles. The Labute approximate surface area is 111 Å². The van der Waals surface area contributed by atoms with Crippen LogP contribution in [0.25, 0.3) is 0 Å². The van der Waals surface area contributed by atoms with Crippen LogP contribution in [0.5, 0.6) is 0 Å². The summed E-state index contributed by atoms with van der Waals surface area (Å²) in [6.07, 6.45) is 0. The average Bonchev–Trinajstić information content (AvgIpc) is 2.38. The van der Waals surface area contributed by atoms with Gasteiger partial charge >= 0.3 is 5.97 Å².